The molecular formula is C7H12N4. The lowest BCUT2D eigenvalue weighted by Crippen LogP contribution is -2.27. The summed E-state index contributed by atoms with van der Waals surface area (Å²) in [6, 6.07) is 0. The molecule has 0 bridgehead atoms. The minimum atomic E-state index is 0.601. The molecule has 0 aromatic carbocycles. The smallest absolute Gasteiger partial charge is 0.138 e. The number of nitrogens with zero attached hydrogens (tertiary/aromatic N) is 3. The van der Waals surface area contributed by atoms with Gasteiger partial charge in [-0.3, -0.25) is 0 Å². The minimum Gasteiger partial charge on any atom is -0.330 e. The van der Waals surface area contributed by atoms with Gasteiger partial charge in [-0.1, -0.05) is 0 Å². The van der Waals surface area contributed by atoms with Gasteiger partial charge < -0.3 is 5.73 Å². The van der Waals surface area contributed by atoms with Crippen LogP contribution in [-0.4, -0.2) is 21.3 Å². The van der Waals surface area contributed by atoms with Crippen molar-refractivity contribution in [3.63, 3.8) is 0 Å². The molecule has 4 heteroatoms. The molecule has 11 heavy (non-hydrogen) atoms. The highest BCUT2D eigenvalue weighted by molar-refractivity contribution is 4.90. The molecule has 1 aromatic heterocycles. The fraction of sp³-hybridized carbons (Fsp3) is 0.714. The van der Waals surface area contributed by atoms with E-state index in [1.54, 1.807) is 6.33 Å². The van der Waals surface area contributed by atoms with Gasteiger partial charge in [-0.2, -0.15) is 5.10 Å². The van der Waals surface area contributed by atoms with Gasteiger partial charge in [0.05, 0.1) is 0 Å². The average Bonchev–Trinajstić information content (AvgIpc) is 2.50. The molecule has 0 saturated heterocycles. The summed E-state index contributed by atoms with van der Waals surface area (Å²) < 4.78 is 1.96. The Morgan fingerprint density at radius 2 is 2.64 bits per heavy atom. The van der Waals surface area contributed by atoms with Gasteiger partial charge in [0, 0.05) is 13.0 Å². The van der Waals surface area contributed by atoms with Crippen LogP contribution in [0.4, 0.5) is 0 Å². The first-order valence-electron chi connectivity index (χ1n) is 3.97. The zero-order chi connectivity index (χ0) is 7.68. The third-order valence-electron chi connectivity index (χ3n) is 2.24. The van der Waals surface area contributed by atoms with E-state index in [0.717, 1.165) is 31.8 Å². The molecule has 2 heterocycles. The van der Waals surface area contributed by atoms with E-state index < -0.39 is 0 Å². The van der Waals surface area contributed by atoms with Crippen LogP contribution in [0.2, 0.25) is 0 Å². The van der Waals surface area contributed by atoms with Gasteiger partial charge in [-0.05, 0) is 18.9 Å². The van der Waals surface area contributed by atoms with Crippen molar-refractivity contribution in [1.29, 1.82) is 0 Å². The van der Waals surface area contributed by atoms with Gasteiger partial charge in [0.15, 0.2) is 0 Å². The van der Waals surface area contributed by atoms with E-state index in [2.05, 4.69) is 10.1 Å². The molecule has 1 atom stereocenters. The summed E-state index contributed by atoms with van der Waals surface area (Å²) >= 11 is 0. The topological polar surface area (TPSA) is 56.7 Å². The molecule has 4 nitrogen and oxygen atoms in total. The summed E-state index contributed by atoms with van der Waals surface area (Å²) in [6.45, 7) is 1.71. The molecule has 2 N–H and O–H groups in total. The zero-order valence-electron chi connectivity index (χ0n) is 6.40. The van der Waals surface area contributed by atoms with Crippen LogP contribution in [0.15, 0.2) is 6.33 Å². The van der Waals surface area contributed by atoms with Gasteiger partial charge in [0.25, 0.3) is 0 Å². The van der Waals surface area contributed by atoms with Gasteiger partial charge >= 0.3 is 0 Å². The average molecular weight is 152 g/mol. The Kier molecular flexibility index (Phi) is 1.62. The predicted molar refractivity (Wildman–Crippen MR) is 40.9 cm³/mol. The van der Waals surface area contributed by atoms with E-state index in [9.17, 15) is 0 Å². The van der Waals surface area contributed by atoms with Crippen LogP contribution in [0.1, 0.15) is 12.2 Å². The molecule has 1 aliphatic rings. The first-order chi connectivity index (χ1) is 5.40. The summed E-state index contributed by atoms with van der Waals surface area (Å²) in [5, 5.41) is 4.10. The molecule has 0 fully saturated rings. The van der Waals surface area contributed by atoms with Crippen LogP contribution < -0.4 is 5.73 Å². The fourth-order valence-corrected chi connectivity index (χ4v) is 1.50. The first-order valence-corrected chi connectivity index (χ1v) is 3.97. The summed E-state index contributed by atoms with van der Waals surface area (Å²) in [4.78, 5) is 4.14. The summed E-state index contributed by atoms with van der Waals surface area (Å²) in [7, 11) is 0. The second-order valence-electron chi connectivity index (χ2n) is 3.00. The Balaban J connectivity index is 2.18. The van der Waals surface area contributed by atoms with E-state index in [0.29, 0.717) is 5.92 Å². The molecular weight excluding hydrogens is 140 g/mol. The third kappa shape index (κ3) is 1.14. The van der Waals surface area contributed by atoms with E-state index in [1.807, 2.05) is 4.68 Å². The Morgan fingerprint density at radius 1 is 1.73 bits per heavy atom. The quantitative estimate of drug-likeness (QED) is 0.606. The molecule has 0 saturated carbocycles. The van der Waals surface area contributed by atoms with Crippen molar-refractivity contribution in [1.82, 2.24) is 14.8 Å². The Labute approximate surface area is 65.4 Å². The lowest BCUT2D eigenvalue weighted by atomic mass is 10.0. The summed E-state index contributed by atoms with van der Waals surface area (Å²) in [5.74, 6) is 1.71. The second-order valence-corrected chi connectivity index (χ2v) is 3.00. The summed E-state index contributed by atoms with van der Waals surface area (Å²) in [6.07, 6.45) is 3.81. The van der Waals surface area contributed by atoms with Crippen LogP contribution in [0.5, 0.6) is 0 Å². The minimum absolute atomic E-state index is 0.601. The van der Waals surface area contributed by atoms with Gasteiger partial charge in [0.1, 0.15) is 12.2 Å². The fourth-order valence-electron chi connectivity index (χ4n) is 1.50. The highest BCUT2D eigenvalue weighted by Gasteiger charge is 2.17. The van der Waals surface area contributed by atoms with Gasteiger partial charge in [-0.15, -0.1) is 0 Å². The third-order valence-corrected chi connectivity index (χ3v) is 2.24. The number of hydrogen-bond donors (Lipinski definition) is 1. The molecule has 2 rings (SSSR count). The monoisotopic (exact) mass is 152 g/mol. The molecule has 0 amide bonds. The molecule has 1 aliphatic heterocycles. The van der Waals surface area contributed by atoms with Crippen LogP contribution >= 0.6 is 0 Å². The highest BCUT2D eigenvalue weighted by Crippen LogP contribution is 2.15. The molecule has 0 radical (unpaired) electrons. The van der Waals surface area contributed by atoms with E-state index >= 15 is 0 Å². The lowest BCUT2D eigenvalue weighted by Gasteiger charge is -2.20. The Morgan fingerprint density at radius 3 is 3.45 bits per heavy atom. The van der Waals surface area contributed by atoms with Crippen molar-refractivity contribution in [2.24, 2.45) is 11.7 Å². The number of rotatable bonds is 1. The number of hydrogen-bond acceptors (Lipinski definition) is 3. The van der Waals surface area contributed by atoms with Crippen LogP contribution in [0.3, 0.4) is 0 Å². The number of fused-ring (bicyclic) bond motifs is 1. The molecule has 0 spiro atoms. The van der Waals surface area contributed by atoms with Crippen molar-refractivity contribution in [3.8, 4) is 0 Å². The van der Waals surface area contributed by atoms with Crippen LogP contribution in [0.25, 0.3) is 0 Å². The maximum absolute atomic E-state index is 5.57. The van der Waals surface area contributed by atoms with Crippen molar-refractivity contribution < 1.29 is 0 Å². The second kappa shape index (κ2) is 2.62. The molecule has 1 unspecified atom stereocenters. The molecule has 60 valence electrons. The Hall–Kier alpha value is -0.900. The van der Waals surface area contributed by atoms with Crippen molar-refractivity contribution in [2.45, 2.75) is 19.4 Å². The Bertz CT molecular complexity index is 242. The van der Waals surface area contributed by atoms with Gasteiger partial charge in [0.2, 0.25) is 0 Å². The molecule has 1 aromatic rings. The van der Waals surface area contributed by atoms with Gasteiger partial charge in [-0.25, -0.2) is 9.67 Å². The standard InChI is InChI=1S/C7H12N4/c8-3-6-1-2-7-9-5-10-11(7)4-6/h5-6H,1-4,8H2. The largest absolute Gasteiger partial charge is 0.330 e. The predicted octanol–water partition coefficient (Wildman–Crippen LogP) is -0.201. The molecule has 0 aliphatic carbocycles. The van der Waals surface area contributed by atoms with E-state index in [4.69, 9.17) is 5.73 Å². The maximum atomic E-state index is 5.57. The van der Waals surface area contributed by atoms with E-state index in [-0.39, 0.29) is 0 Å². The first kappa shape index (κ1) is 6.79. The maximum Gasteiger partial charge on any atom is 0.138 e. The highest BCUT2D eigenvalue weighted by atomic mass is 15.3. The van der Waals surface area contributed by atoms with Crippen molar-refractivity contribution >= 4 is 0 Å². The number of aryl methyl sites for hydroxylation is 1. The summed E-state index contributed by atoms with van der Waals surface area (Å²) in [5.41, 5.74) is 5.57. The van der Waals surface area contributed by atoms with Crippen LogP contribution in [-0.2, 0) is 13.0 Å². The van der Waals surface area contributed by atoms with Crippen molar-refractivity contribution in [3.05, 3.63) is 12.2 Å². The number of nitrogens with two attached hydrogens (primary N) is 1. The zero-order valence-corrected chi connectivity index (χ0v) is 6.40. The normalized spacial score (nSPS) is 23.2. The number of aromatic nitrogens is 3. The van der Waals surface area contributed by atoms with Crippen LogP contribution in [0, 0.1) is 5.92 Å². The van der Waals surface area contributed by atoms with Crippen molar-refractivity contribution in [2.75, 3.05) is 6.54 Å². The lowest BCUT2D eigenvalue weighted by molar-refractivity contribution is 0.350. The SMILES string of the molecule is NCC1CCc2ncnn2C1. The van der Waals surface area contributed by atoms with E-state index in [1.165, 1.54) is 0 Å².